The van der Waals surface area contributed by atoms with Gasteiger partial charge in [0.1, 0.15) is 21.4 Å². The largest absolute Gasteiger partial charge is 0.493 e. The number of benzene rings is 1. The SMILES string of the molecule is C[C@@H](N)c1ccc(F)cc1OCCCS(C)(=O)=O. The third kappa shape index (κ3) is 5.01. The van der Waals surface area contributed by atoms with Gasteiger partial charge in [-0.05, 0) is 19.4 Å². The van der Waals surface area contributed by atoms with Crippen LogP contribution in [0, 0.1) is 5.82 Å². The lowest BCUT2D eigenvalue weighted by molar-refractivity contribution is 0.311. The summed E-state index contributed by atoms with van der Waals surface area (Å²) in [5.74, 6) is 0.0199. The van der Waals surface area contributed by atoms with Crippen LogP contribution in [0.25, 0.3) is 0 Å². The number of rotatable bonds is 6. The lowest BCUT2D eigenvalue weighted by Crippen LogP contribution is -2.11. The van der Waals surface area contributed by atoms with Crippen molar-refractivity contribution in [3.63, 3.8) is 0 Å². The summed E-state index contributed by atoms with van der Waals surface area (Å²) in [6, 6.07) is 3.89. The molecule has 0 unspecified atom stereocenters. The van der Waals surface area contributed by atoms with E-state index in [0.717, 1.165) is 0 Å². The molecule has 0 spiro atoms. The number of hydrogen-bond donors (Lipinski definition) is 1. The van der Waals surface area contributed by atoms with Crippen molar-refractivity contribution in [2.75, 3.05) is 18.6 Å². The van der Waals surface area contributed by atoms with Crippen molar-refractivity contribution in [2.45, 2.75) is 19.4 Å². The van der Waals surface area contributed by atoms with Gasteiger partial charge in [0.15, 0.2) is 0 Å². The van der Waals surface area contributed by atoms with Gasteiger partial charge >= 0.3 is 0 Å². The maximum absolute atomic E-state index is 13.1. The zero-order valence-corrected chi connectivity index (χ0v) is 11.3. The molecule has 0 fully saturated rings. The van der Waals surface area contributed by atoms with Crippen LogP contribution in [0.4, 0.5) is 4.39 Å². The van der Waals surface area contributed by atoms with Crippen LogP contribution in [0.3, 0.4) is 0 Å². The molecule has 0 radical (unpaired) electrons. The third-order valence-corrected chi connectivity index (χ3v) is 3.41. The molecule has 1 rings (SSSR count). The molecule has 0 heterocycles. The summed E-state index contributed by atoms with van der Waals surface area (Å²) in [6.45, 7) is 1.99. The number of hydrogen-bond acceptors (Lipinski definition) is 4. The fourth-order valence-electron chi connectivity index (χ4n) is 1.51. The molecule has 0 amide bonds. The predicted molar refractivity (Wildman–Crippen MR) is 68.8 cm³/mol. The molecule has 0 aliphatic rings. The molecule has 102 valence electrons. The van der Waals surface area contributed by atoms with E-state index in [1.807, 2.05) is 0 Å². The van der Waals surface area contributed by atoms with Gasteiger partial charge in [-0.25, -0.2) is 12.8 Å². The van der Waals surface area contributed by atoms with Gasteiger partial charge in [0.25, 0.3) is 0 Å². The Bertz CT molecular complexity index is 500. The molecule has 4 nitrogen and oxygen atoms in total. The van der Waals surface area contributed by atoms with Gasteiger partial charge in [0.05, 0.1) is 12.4 Å². The fourth-order valence-corrected chi connectivity index (χ4v) is 2.15. The zero-order valence-electron chi connectivity index (χ0n) is 10.5. The van der Waals surface area contributed by atoms with E-state index in [4.69, 9.17) is 10.5 Å². The van der Waals surface area contributed by atoms with Crippen LogP contribution in [0.15, 0.2) is 18.2 Å². The first-order valence-electron chi connectivity index (χ1n) is 5.65. The minimum atomic E-state index is -2.99. The highest BCUT2D eigenvalue weighted by molar-refractivity contribution is 7.90. The Hall–Kier alpha value is -1.14. The molecule has 18 heavy (non-hydrogen) atoms. The Labute approximate surface area is 107 Å². The molecule has 1 aromatic carbocycles. The van der Waals surface area contributed by atoms with E-state index in [9.17, 15) is 12.8 Å². The van der Waals surface area contributed by atoms with Gasteiger partial charge in [0.2, 0.25) is 0 Å². The first kappa shape index (κ1) is 14.9. The Kier molecular flexibility index (Phi) is 5.10. The van der Waals surface area contributed by atoms with E-state index < -0.39 is 15.7 Å². The van der Waals surface area contributed by atoms with Gasteiger partial charge in [-0.1, -0.05) is 6.07 Å². The lowest BCUT2D eigenvalue weighted by atomic mass is 10.1. The Morgan fingerprint density at radius 3 is 2.67 bits per heavy atom. The third-order valence-electron chi connectivity index (χ3n) is 2.38. The van der Waals surface area contributed by atoms with Crippen molar-refractivity contribution < 1.29 is 17.5 Å². The maximum Gasteiger partial charge on any atom is 0.147 e. The smallest absolute Gasteiger partial charge is 0.147 e. The summed E-state index contributed by atoms with van der Waals surface area (Å²) < 4.78 is 40.4. The van der Waals surface area contributed by atoms with Gasteiger partial charge in [-0.2, -0.15) is 0 Å². The summed E-state index contributed by atoms with van der Waals surface area (Å²) in [5, 5.41) is 0. The monoisotopic (exact) mass is 275 g/mol. The molecule has 0 aliphatic heterocycles. The molecule has 0 bridgehead atoms. The molecular formula is C12H18FNO3S. The normalized spacial score (nSPS) is 13.3. The summed E-state index contributed by atoms with van der Waals surface area (Å²) in [6.07, 6.45) is 1.54. The second-order valence-corrected chi connectivity index (χ2v) is 6.56. The molecule has 0 saturated heterocycles. The molecule has 0 aromatic heterocycles. The zero-order chi connectivity index (χ0) is 13.8. The Balaban J connectivity index is 2.63. The summed E-state index contributed by atoms with van der Waals surface area (Å²) in [4.78, 5) is 0. The van der Waals surface area contributed by atoms with Crippen molar-refractivity contribution in [3.8, 4) is 5.75 Å². The van der Waals surface area contributed by atoms with Crippen molar-refractivity contribution in [1.82, 2.24) is 0 Å². The minimum absolute atomic E-state index is 0.0514. The van der Waals surface area contributed by atoms with E-state index in [2.05, 4.69) is 0 Å². The second-order valence-electron chi connectivity index (χ2n) is 4.30. The average Bonchev–Trinajstić information content (AvgIpc) is 2.22. The van der Waals surface area contributed by atoms with Crippen LogP contribution in [0.2, 0.25) is 0 Å². The van der Waals surface area contributed by atoms with E-state index in [0.29, 0.717) is 17.7 Å². The predicted octanol–water partition coefficient (Wildman–Crippen LogP) is 1.66. The van der Waals surface area contributed by atoms with Crippen molar-refractivity contribution in [3.05, 3.63) is 29.6 Å². The van der Waals surface area contributed by atoms with E-state index in [1.54, 1.807) is 13.0 Å². The van der Waals surface area contributed by atoms with Crippen LogP contribution in [-0.4, -0.2) is 27.0 Å². The summed E-state index contributed by atoms with van der Waals surface area (Å²) >= 11 is 0. The number of sulfone groups is 1. The quantitative estimate of drug-likeness (QED) is 0.802. The van der Waals surface area contributed by atoms with Gasteiger partial charge < -0.3 is 10.5 Å². The topological polar surface area (TPSA) is 69.4 Å². The molecule has 2 N–H and O–H groups in total. The van der Waals surface area contributed by atoms with Crippen molar-refractivity contribution in [2.24, 2.45) is 5.73 Å². The molecular weight excluding hydrogens is 257 g/mol. The van der Waals surface area contributed by atoms with E-state index in [1.165, 1.54) is 18.4 Å². The standard InChI is InChI=1S/C12H18FNO3S/c1-9(14)11-5-4-10(13)8-12(11)17-6-3-7-18(2,15)16/h4-5,8-9H,3,6-7,14H2,1-2H3/t9-/m1/s1. The Morgan fingerprint density at radius 1 is 1.44 bits per heavy atom. The van der Waals surface area contributed by atoms with E-state index >= 15 is 0 Å². The summed E-state index contributed by atoms with van der Waals surface area (Å²) in [7, 11) is -2.99. The first-order chi connectivity index (χ1) is 8.29. The molecule has 6 heteroatoms. The Morgan fingerprint density at radius 2 is 2.11 bits per heavy atom. The van der Waals surface area contributed by atoms with Gasteiger partial charge in [-0.3, -0.25) is 0 Å². The van der Waals surface area contributed by atoms with Crippen molar-refractivity contribution >= 4 is 9.84 Å². The maximum atomic E-state index is 13.1. The number of nitrogens with two attached hydrogens (primary N) is 1. The van der Waals surface area contributed by atoms with E-state index in [-0.39, 0.29) is 18.4 Å². The summed E-state index contributed by atoms with van der Waals surface area (Å²) in [5.41, 5.74) is 6.44. The van der Waals surface area contributed by atoms with Crippen molar-refractivity contribution in [1.29, 1.82) is 0 Å². The van der Waals surface area contributed by atoms with Crippen LogP contribution in [0.5, 0.6) is 5.75 Å². The van der Waals surface area contributed by atoms with Crippen LogP contribution in [-0.2, 0) is 9.84 Å². The van der Waals surface area contributed by atoms with Crippen LogP contribution < -0.4 is 10.5 Å². The first-order valence-corrected chi connectivity index (χ1v) is 7.71. The number of halogens is 1. The van der Waals surface area contributed by atoms with Crippen LogP contribution >= 0.6 is 0 Å². The van der Waals surface area contributed by atoms with Gasteiger partial charge in [-0.15, -0.1) is 0 Å². The minimum Gasteiger partial charge on any atom is -0.493 e. The highest BCUT2D eigenvalue weighted by atomic mass is 32.2. The second kappa shape index (κ2) is 6.15. The molecule has 1 atom stereocenters. The fraction of sp³-hybridized carbons (Fsp3) is 0.500. The molecule has 1 aromatic rings. The van der Waals surface area contributed by atoms with Gasteiger partial charge in [0, 0.05) is 23.9 Å². The number of ether oxygens (including phenoxy) is 1. The average molecular weight is 275 g/mol. The highest BCUT2D eigenvalue weighted by Gasteiger charge is 2.10. The molecule has 0 saturated carbocycles. The molecule has 0 aliphatic carbocycles. The highest BCUT2D eigenvalue weighted by Crippen LogP contribution is 2.24. The van der Waals surface area contributed by atoms with Crippen LogP contribution in [0.1, 0.15) is 24.9 Å². The lowest BCUT2D eigenvalue weighted by Gasteiger charge is -2.13.